The molecule has 2 heterocycles. The number of ether oxygens (including phenoxy) is 2. The van der Waals surface area contributed by atoms with E-state index < -0.39 is 59.8 Å². The molecule has 2 unspecified atom stereocenters. The number of aliphatic carboxylic acids is 2. The molecule has 418 valence electrons. The molecular formula is C62H112N2O8. The highest BCUT2D eigenvalue weighted by Gasteiger charge is 2.64. The zero-order valence-corrected chi connectivity index (χ0v) is 48.3. The van der Waals surface area contributed by atoms with E-state index >= 15 is 4.79 Å². The molecule has 72 heavy (non-hydrogen) atoms. The van der Waals surface area contributed by atoms with Crippen LogP contribution in [0.2, 0.25) is 0 Å². The molecule has 2 rings (SSSR count). The standard InChI is InChI=1S/C62H112N2O8/c1-11-13-15-17-19-21-23-25-27-29-31-33-35-37-39-41-43-61(55(68)69,49-53(65)66)62(56(70)72-52-47-59(7,8)64-60(9,10)48-52,50-54(67)71-51-45-57(3,4)63-58(5,6)46-51)44-42-40-38-36-34-32-30-28-26-24-22-20-18-16-14-12-2/h25-28,51-52,63-64H,11-24,29-50H2,1-10H3,(H,65,66)(H,68,69)/b27-25-,28-26-. The predicted octanol–water partition coefficient (Wildman–Crippen LogP) is 16.5. The van der Waals surface area contributed by atoms with Crippen LogP contribution in [0.1, 0.15) is 300 Å². The molecule has 0 aromatic rings. The van der Waals surface area contributed by atoms with Crippen LogP contribution in [-0.4, -0.2) is 68.5 Å². The van der Waals surface area contributed by atoms with Gasteiger partial charge < -0.3 is 30.3 Å². The lowest BCUT2D eigenvalue weighted by Gasteiger charge is -2.49. The molecule has 2 aliphatic rings. The molecule has 0 aromatic carbocycles. The van der Waals surface area contributed by atoms with Crippen LogP contribution in [0.25, 0.3) is 0 Å². The van der Waals surface area contributed by atoms with Crippen LogP contribution in [0.5, 0.6) is 0 Å². The Bertz CT molecular complexity index is 1570. The van der Waals surface area contributed by atoms with Gasteiger partial charge in [-0.25, -0.2) is 0 Å². The fraction of sp³-hybridized carbons (Fsp3) is 0.871. The van der Waals surface area contributed by atoms with Gasteiger partial charge in [-0.1, -0.05) is 167 Å². The van der Waals surface area contributed by atoms with Gasteiger partial charge in [-0.3, -0.25) is 19.2 Å². The van der Waals surface area contributed by atoms with Crippen molar-refractivity contribution in [3.63, 3.8) is 0 Å². The minimum atomic E-state index is -2.11. The predicted molar refractivity (Wildman–Crippen MR) is 298 cm³/mol. The Hall–Kier alpha value is -2.72. The lowest BCUT2D eigenvalue weighted by molar-refractivity contribution is -0.195. The van der Waals surface area contributed by atoms with Crippen LogP contribution in [0.15, 0.2) is 24.3 Å². The number of nitrogens with one attached hydrogen (secondary N) is 2. The summed E-state index contributed by atoms with van der Waals surface area (Å²) in [5.41, 5.74) is -5.53. The molecule has 0 radical (unpaired) electrons. The summed E-state index contributed by atoms with van der Waals surface area (Å²) in [5.74, 6) is -4.11. The summed E-state index contributed by atoms with van der Waals surface area (Å²) in [5, 5.41) is 29.6. The van der Waals surface area contributed by atoms with Crippen molar-refractivity contribution in [3.05, 3.63) is 24.3 Å². The first-order chi connectivity index (χ1) is 34.0. The normalized spacial score (nSPS) is 19.5. The average Bonchev–Trinajstić information content (AvgIpc) is 3.25. The van der Waals surface area contributed by atoms with Crippen molar-refractivity contribution in [2.75, 3.05) is 0 Å². The number of carboxylic acids is 2. The third-order valence-corrected chi connectivity index (χ3v) is 15.7. The Balaban J connectivity index is 2.37. The van der Waals surface area contributed by atoms with Gasteiger partial charge in [-0.15, -0.1) is 0 Å². The Morgan fingerprint density at radius 3 is 1.08 bits per heavy atom. The van der Waals surface area contributed by atoms with Crippen LogP contribution in [0.4, 0.5) is 0 Å². The number of carbonyl (C=O) groups is 4. The molecule has 2 aliphatic heterocycles. The van der Waals surface area contributed by atoms with Crippen LogP contribution < -0.4 is 10.6 Å². The van der Waals surface area contributed by atoms with Crippen molar-refractivity contribution in [2.45, 2.75) is 335 Å². The molecule has 10 nitrogen and oxygen atoms in total. The van der Waals surface area contributed by atoms with E-state index in [0.29, 0.717) is 44.9 Å². The second kappa shape index (κ2) is 34.0. The minimum Gasteiger partial charge on any atom is -0.481 e. The van der Waals surface area contributed by atoms with Gasteiger partial charge in [-0.05, 0) is 120 Å². The van der Waals surface area contributed by atoms with E-state index in [1.807, 2.05) is 0 Å². The summed E-state index contributed by atoms with van der Waals surface area (Å²) < 4.78 is 12.9. The summed E-state index contributed by atoms with van der Waals surface area (Å²) >= 11 is 0. The van der Waals surface area contributed by atoms with E-state index in [9.17, 15) is 24.6 Å². The van der Waals surface area contributed by atoms with Crippen LogP contribution in [0.3, 0.4) is 0 Å². The van der Waals surface area contributed by atoms with E-state index in [2.05, 4.69) is 104 Å². The van der Waals surface area contributed by atoms with Crippen molar-refractivity contribution < 1.29 is 38.9 Å². The maximum Gasteiger partial charge on any atom is 0.314 e. The third kappa shape index (κ3) is 26.2. The summed E-state index contributed by atoms with van der Waals surface area (Å²) in [7, 11) is 0. The van der Waals surface area contributed by atoms with E-state index in [1.165, 1.54) is 77.0 Å². The highest BCUT2D eigenvalue weighted by atomic mass is 16.6. The number of carboxylic acid groups (broad SMARTS) is 2. The first-order valence-corrected chi connectivity index (χ1v) is 29.8. The molecule has 10 heteroatoms. The van der Waals surface area contributed by atoms with Gasteiger partial charge in [-0.2, -0.15) is 0 Å². The highest BCUT2D eigenvalue weighted by Crippen LogP contribution is 2.54. The fourth-order valence-electron chi connectivity index (χ4n) is 12.7. The average molecular weight is 1010 g/mol. The molecule has 0 aromatic heterocycles. The van der Waals surface area contributed by atoms with Gasteiger partial charge in [0.05, 0.1) is 23.7 Å². The van der Waals surface area contributed by atoms with Crippen molar-refractivity contribution in [1.29, 1.82) is 0 Å². The van der Waals surface area contributed by atoms with Gasteiger partial charge in [0.1, 0.15) is 12.2 Å². The largest absolute Gasteiger partial charge is 0.481 e. The molecule has 0 spiro atoms. The topological polar surface area (TPSA) is 151 Å². The Kier molecular flexibility index (Phi) is 30.9. The number of esters is 2. The van der Waals surface area contributed by atoms with Crippen molar-refractivity contribution in [3.8, 4) is 0 Å². The fourth-order valence-corrected chi connectivity index (χ4v) is 12.7. The third-order valence-electron chi connectivity index (χ3n) is 15.7. The first-order valence-electron chi connectivity index (χ1n) is 29.8. The van der Waals surface area contributed by atoms with Gasteiger partial charge >= 0.3 is 23.9 Å². The second-order valence-electron chi connectivity index (χ2n) is 25.3. The van der Waals surface area contributed by atoms with Crippen LogP contribution in [-0.2, 0) is 28.7 Å². The second-order valence-corrected chi connectivity index (χ2v) is 25.3. The van der Waals surface area contributed by atoms with Gasteiger partial charge in [0.15, 0.2) is 0 Å². The van der Waals surface area contributed by atoms with Crippen molar-refractivity contribution >= 4 is 23.9 Å². The molecule has 0 bridgehead atoms. The maximum absolute atomic E-state index is 15.6. The molecule has 0 amide bonds. The number of allylic oxidation sites excluding steroid dienone is 4. The summed E-state index contributed by atoms with van der Waals surface area (Å²) in [6, 6.07) is 0. The van der Waals surface area contributed by atoms with Crippen molar-refractivity contribution in [2.24, 2.45) is 10.8 Å². The first kappa shape index (κ1) is 65.4. The molecule has 2 fully saturated rings. The smallest absolute Gasteiger partial charge is 0.314 e. The quantitative estimate of drug-likeness (QED) is 0.0265. The highest BCUT2D eigenvalue weighted by molar-refractivity contribution is 5.93. The molecule has 0 saturated carbocycles. The van der Waals surface area contributed by atoms with E-state index in [4.69, 9.17) is 9.47 Å². The number of unbranched alkanes of at least 4 members (excludes halogenated alkanes) is 24. The molecule has 2 atom stereocenters. The SMILES string of the molecule is CCCCCCCC/C=C\CCCCCCCCC(CC(=O)O)(C(=O)O)C(CCCCCCCC/C=C\CCCCCCCC)(CC(=O)OC1CC(C)(C)NC(C)(C)C1)C(=O)OC1CC(C)(C)NC(C)(C)C1. The van der Waals surface area contributed by atoms with Gasteiger partial charge in [0.25, 0.3) is 0 Å². The number of carbonyl (C=O) groups excluding carboxylic acids is 2. The van der Waals surface area contributed by atoms with E-state index in [0.717, 1.165) is 83.5 Å². The number of rotatable bonds is 41. The van der Waals surface area contributed by atoms with E-state index in [1.54, 1.807) is 0 Å². The monoisotopic (exact) mass is 1010 g/mol. The summed E-state index contributed by atoms with van der Waals surface area (Å²) in [4.78, 5) is 57.6. The molecule has 4 N–H and O–H groups in total. The number of piperidine rings is 2. The molecule has 0 aliphatic carbocycles. The maximum atomic E-state index is 15.6. The number of hydrogen-bond donors (Lipinski definition) is 4. The zero-order valence-electron chi connectivity index (χ0n) is 48.3. The minimum absolute atomic E-state index is 0.0229. The number of hydrogen-bond acceptors (Lipinski definition) is 8. The van der Waals surface area contributed by atoms with Crippen molar-refractivity contribution in [1.82, 2.24) is 10.6 Å². The molecule has 2 saturated heterocycles. The van der Waals surface area contributed by atoms with Gasteiger partial charge in [0, 0.05) is 47.8 Å². The lowest BCUT2D eigenvalue weighted by atomic mass is 9.55. The van der Waals surface area contributed by atoms with Crippen LogP contribution in [0, 0.1) is 10.8 Å². The zero-order chi connectivity index (χ0) is 53.6. The Labute approximate surface area is 441 Å². The summed E-state index contributed by atoms with van der Waals surface area (Å²) in [6.45, 7) is 21.0. The summed E-state index contributed by atoms with van der Waals surface area (Å²) in [6.07, 6.45) is 39.3. The lowest BCUT2D eigenvalue weighted by Crippen LogP contribution is -2.61. The van der Waals surface area contributed by atoms with E-state index in [-0.39, 0.29) is 35.0 Å². The van der Waals surface area contributed by atoms with Crippen LogP contribution >= 0.6 is 0 Å². The Morgan fingerprint density at radius 1 is 0.444 bits per heavy atom. The van der Waals surface area contributed by atoms with Gasteiger partial charge in [0.2, 0.25) is 0 Å². The Morgan fingerprint density at radius 2 is 0.750 bits per heavy atom. The molecular weight excluding hydrogens is 901 g/mol.